The zero-order valence-electron chi connectivity index (χ0n) is 23.3. The summed E-state index contributed by atoms with van der Waals surface area (Å²) in [5, 5.41) is 5.66. The average molecular weight is 574 g/mol. The highest BCUT2D eigenvalue weighted by atomic mass is 32.2. The quantitative estimate of drug-likeness (QED) is 0.248. The minimum Gasteiger partial charge on any atom is -0.322 e. The van der Waals surface area contributed by atoms with E-state index in [4.69, 9.17) is 0 Å². The Morgan fingerprint density at radius 1 is 0.756 bits per heavy atom. The predicted molar refractivity (Wildman–Crippen MR) is 161 cm³/mol. The van der Waals surface area contributed by atoms with Crippen LogP contribution in [0.3, 0.4) is 0 Å². The molecule has 4 aromatic carbocycles. The lowest BCUT2D eigenvalue weighted by Crippen LogP contribution is -2.29. The van der Waals surface area contributed by atoms with Crippen molar-refractivity contribution >= 4 is 38.9 Å². The van der Waals surface area contributed by atoms with Crippen LogP contribution in [0.25, 0.3) is 0 Å². The average Bonchev–Trinajstić information content (AvgIpc) is 2.92. The molecule has 0 radical (unpaired) electrons. The van der Waals surface area contributed by atoms with E-state index in [1.807, 2.05) is 12.1 Å². The van der Waals surface area contributed by atoms with Crippen molar-refractivity contribution in [3.63, 3.8) is 0 Å². The Hall–Kier alpha value is -4.50. The summed E-state index contributed by atoms with van der Waals surface area (Å²) in [5.74, 6) is -1.07. The van der Waals surface area contributed by atoms with Crippen LogP contribution in [-0.4, -0.2) is 26.5 Å². The van der Waals surface area contributed by atoms with Gasteiger partial charge in [-0.05, 0) is 83.3 Å². The van der Waals surface area contributed by atoms with Gasteiger partial charge in [0.15, 0.2) is 0 Å². The van der Waals surface area contributed by atoms with Crippen LogP contribution >= 0.6 is 0 Å². The molecule has 41 heavy (non-hydrogen) atoms. The van der Waals surface area contributed by atoms with Crippen LogP contribution in [0.1, 0.15) is 52.6 Å². The lowest BCUT2D eigenvalue weighted by atomic mass is 9.87. The van der Waals surface area contributed by atoms with E-state index >= 15 is 0 Å². The first-order valence-electron chi connectivity index (χ1n) is 13.0. The standard InChI is InChI=1S/C32H32FN3O4S/c1-32(2,3)25-14-10-23(11-15-25)30(37)34-27-6-5-7-28(20-27)35-31(38)24-12-18-29(19-13-24)36(41(4,39)40)21-22-8-16-26(33)17-9-22/h5-20H,21H2,1-4H3,(H,34,37)(H,35,38). The van der Waals surface area contributed by atoms with Crippen molar-refractivity contribution in [2.24, 2.45) is 0 Å². The van der Waals surface area contributed by atoms with Crippen molar-refractivity contribution in [3.8, 4) is 0 Å². The topological polar surface area (TPSA) is 95.6 Å². The Kier molecular flexibility index (Phi) is 8.58. The molecule has 0 aliphatic heterocycles. The fourth-order valence-electron chi connectivity index (χ4n) is 4.14. The summed E-state index contributed by atoms with van der Waals surface area (Å²) in [6, 6.07) is 26.0. The highest BCUT2D eigenvalue weighted by Crippen LogP contribution is 2.24. The smallest absolute Gasteiger partial charge is 0.255 e. The van der Waals surface area contributed by atoms with Crippen LogP contribution < -0.4 is 14.9 Å². The lowest BCUT2D eigenvalue weighted by Gasteiger charge is -2.22. The molecule has 0 bridgehead atoms. The number of halogens is 1. The van der Waals surface area contributed by atoms with Gasteiger partial charge in [0.25, 0.3) is 11.8 Å². The van der Waals surface area contributed by atoms with Gasteiger partial charge in [-0.1, -0.05) is 51.1 Å². The zero-order chi connectivity index (χ0) is 29.8. The summed E-state index contributed by atoms with van der Waals surface area (Å²) in [6.45, 7) is 6.34. The van der Waals surface area contributed by atoms with E-state index in [2.05, 4.69) is 31.4 Å². The van der Waals surface area contributed by atoms with E-state index in [0.29, 0.717) is 33.8 Å². The van der Waals surface area contributed by atoms with Crippen LogP contribution in [-0.2, 0) is 22.0 Å². The number of carbonyl (C=O) groups is 2. The van der Waals surface area contributed by atoms with Crippen LogP contribution in [0, 0.1) is 5.82 Å². The molecule has 7 nitrogen and oxygen atoms in total. The molecule has 4 aromatic rings. The SMILES string of the molecule is CC(C)(C)c1ccc(C(=O)Nc2cccc(NC(=O)c3ccc(N(Cc4ccc(F)cc4)S(C)(=O)=O)cc3)c2)cc1. The Bertz CT molecular complexity index is 1650. The third kappa shape index (κ3) is 7.79. The summed E-state index contributed by atoms with van der Waals surface area (Å²) in [6.07, 6.45) is 1.09. The number of anilines is 3. The maximum Gasteiger partial charge on any atom is 0.255 e. The molecule has 4 rings (SSSR count). The molecule has 2 amide bonds. The van der Waals surface area contributed by atoms with Crippen molar-refractivity contribution in [1.82, 2.24) is 0 Å². The molecule has 0 spiro atoms. The second kappa shape index (κ2) is 11.9. The minimum absolute atomic E-state index is 0.0149. The molecule has 0 saturated heterocycles. The maximum absolute atomic E-state index is 13.3. The predicted octanol–water partition coefficient (Wildman–Crippen LogP) is 6.59. The van der Waals surface area contributed by atoms with Gasteiger partial charge in [-0.2, -0.15) is 0 Å². The summed E-state index contributed by atoms with van der Waals surface area (Å²) in [4.78, 5) is 25.7. The van der Waals surface area contributed by atoms with Gasteiger partial charge in [0, 0.05) is 22.5 Å². The fraction of sp³-hybridized carbons (Fsp3) is 0.188. The minimum atomic E-state index is -3.65. The van der Waals surface area contributed by atoms with Crippen LogP contribution in [0.4, 0.5) is 21.5 Å². The van der Waals surface area contributed by atoms with Gasteiger partial charge in [-0.15, -0.1) is 0 Å². The zero-order valence-corrected chi connectivity index (χ0v) is 24.1. The Morgan fingerprint density at radius 2 is 1.24 bits per heavy atom. The number of sulfonamides is 1. The van der Waals surface area contributed by atoms with E-state index in [-0.39, 0.29) is 17.9 Å². The van der Waals surface area contributed by atoms with Gasteiger partial charge in [0.1, 0.15) is 5.82 Å². The number of benzene rings is 4. The van der Waals surface area contributed by atoms with Crippen LogP contribution in [0.15, 0.2) is 97.1 Å². The molecule has 0 atom stereocenters. The molecule has 0 aliphatic carbocycles. The summed E-state index contributed by atoms with van der Waals surface area (Å²) < 4.78 is 39.4. The van der Waals surface area contributed by atoms with E-state index < -0.39 is 21.7 Å². The number of nitrogens with zero attached hydrogens (tertiary/aromatic N) is 1. The van der Waals surface area contributed by atoms with Crippen molar-refractivity contribution in [1.29, 1.82) is 0 Å². The van der Waals surface area contributed by atoms with E-state index in [9.17, 15) is 22.4 Å². The second-order valence-electron chi connectivity index (χ2n) is 10.8. The highest BCUT2D eigenvalue weighted by Gasteiger charge is 2.19. The first-order valence-corrected chi connectivity index (χ1v) is 14.8. The Labute approximate surface area is 240 Å². The van der Waals surface area contributed by atoms with Gasteiger partial charge in [-0.25, -0.2) is 12.8 Å². The van der Waals surface area contributed by atoms with Gasteiger partial charge < -0.3 is 10.6 Å². The summed E-state index contributed by atoms with van der Waals surface area (Å²) >= 11 is 0. The second-order valence-corrected chi connectivity index (χ2v) is 12.7. The molecule has 0 aromatic heterocycles. The molecule has 0 fully saturated rings. The number of hydrogen-bond acceptors (Lipinski definition) is 4. The van der Waals surface area contributed by atoms with Crippen molar-refractivity contribution in [2.75, 3.05) is 21.2 Å². The fourth-order valence-corrected chi connectivity index (χ4v) is 5.03. The lowest BCUT2D eigenvalue weighted by molar-refractivity contribution is 0.101. The van der Waals surface area contributed by atoms with Gasteiger partial charge in [-0.3, -0.25) is 13.9 Å². The molecule has 0 heterocycles. The highest BCUT2D eigenvalue weighted by molar-refractivity contribution is 7.92. The number of amides is 2. The summed E-state index contributed by atoms with van der Waals surface area (Å²) in [7, 11) is -3.65. The third-order valence-corrected chi connectivity index (χ3v) is 7.59. The maximum atomic E-state index is 13.3. The third-order valence-electron chi connectivity index (χ3n) is 6.45. The number of nitrogens with one attached hydrogen (secondary N) is 2. The largest absolute Gasteiger partial charge is 0.322 e. The molecule has 212 valence electrons. The number of carbonyl (C=O) groups excluding carboxylic acids is 2. The molecule has 0 unspecified atom stereocenters. The van der Waals surface area contributed by atoms with Crippen LogP contribution in [0.5, 0.6) is 0 Å². The number of hydrogen-bond donors (Lipinski definition) is 2. The molecular weight excluding hydrogens is 541 g/mol. The first kappa shape index (κ1) is 29.5. The van der Waals surface area contributed by atoms with Crippen LogP contribution in [0.2, 0.25) is 0 Å². The van der Waals surface area contributed by atoms with E-state index in [1.54, 1.807) is 48.5 Å². The molecule has 9 heteroatoms. The Morgan fingerprint density at radius 3 is 1.71 bits per heavy atom. The van der Waals surface area contributed by atoms with Crippen molar-refractivity contribution < 1.29 is 22.4 Å². The van der Waals surface area contributed by atoms with E-state index in [0.717, 1.165) is 11.8 Å². The number of rotatable bonds is 8. The van der Waals surface area contributed by atoms with Gasteiger partial charge in [0.05, 0.1) is 18.5 Å². The molecule has 2 N–H and O–H groups in total. The first-order chi connectivity index (χ1) is 19.3. The Balaban J connectivity index is 1.43. The van der Waals surface area contributed by atoms with Crippen molar-refractivity contribution in [3.05, 3.63) is 125 Å². The van der Waals surface area contributed by atoms with Gasteiger partial charge >= 0.3 is 0 Å². The molecule has 0 aliphatic rings. The van der Waals surface area contributed by atoms with Crippen molar-refractivity contribution in [2.45, 2.75) is 32.7 Å². The monoisotopic (exact) mass is 573 g/mol. The summed E-state index contributed by atoms with van der Waals surface area (Å²) in [5.41, 5.74) is 3.94. The normalized spacial score (nSPS) is 11.5. The van der Waals surface area contributed by atoms with E-state index in [1.165, 1.54) is 40.7 Å². The molecular formula is C32H32FN3O4S. The van der Waals surface area contributed by atoms with Gasteiger partial charge in [0.2, 0.25) is 10.0 Å². The molecule has 0 saturated carbocycles.